The lowest BCUT2D eigenvalue weighted by atomic mass is 9.98. The standard InChI is InChI=1S/C26H17F3N2O4/c27-26(28,29)17-8-5-6-15(12-17)14-31-22(18-9-3-4-11-30-18)21(24(33)25(31)34)23(32)20-13-16-7-1-2-10-19(16)35-20/h1-13,22,33H,14H2. The lowest BCUT2D eigenvalue weighted by Crippen LogP contribution is -2.31. The Morgan fingerprint density at radius 3 is 2.51 bits per heavy atom. The van der Waals surface area contributed by atoms with Gasteiger partial charge >= 0.3 is 6.18 Å². The van der Waals surface area contributed by atoms with Crippen molar-refractivity contribution in [3.63, 3.8) is 0 Å². The predicted octanol–water partition coefficient (Wildman–Crippen LogP) is 5.63. The second kappa shape index (κ2) is 8.43. The van der Waals surface area contributed by atoms with Crippen LogP contribution in [0.4, 0.5) is 13.2 Å². The quantitative estimate of drug-likeness (QED) is 0.376. The third kappa shape index (κ3) is 4.05. The number of aliphatic hydroxyl groups is 1. The molecule has 0 saturated carbocycles. The van der Waals surface area contributed by atoms with E-state index in [1.165, 1.54) is 24.4 Å². The van der Waals surface area contributed by atoms with Gasteiger partial charge in [-0.1, -0.05) is 36.4 Å². The number of pyridine rings is 1. The molecule has 0 radical (unpaired) electrons. The molecule has 176 valence electrons. The average Bonchev–Trinajstić information content (AvgIpc) is 3.39. The van der Waals surface area contributed by atoms with Crippen LogP contribution in [0.2, 0.25) is 0 Å². The molecule has 2 aromatic heterocycles. The molecule has 9 heteroatoms. The lowest BCUT2D eigenvalue weighted by molar-refractivity contribution is -0.137. The van der Waals surface area contributed by atoms with E-state index >= 15 is 0 Å². The van der Waals surface area contributed by atoms with Gasteiger partial charge in [0.05, 0.1) is 16.8 Å². The van der Waals surface area contributed by atoms with E-state index in [9.17, 15) is 27.9 Å². The number of Topliss-reactive ketones (excluding diaryl/α,β-unsaturated/α-hetero) is 1. The third-order valence-corrected chi connectivity index (χ3v) is 5.77. The van der Waals surface area contributed by atoms with Gasteiger partial charge in [0.1, 0.15) is 11.6 Å². The number of furan rings is 1. The summed E-state index contributed by atoms with van der Waals surface area (Å²) in [6, 6.07) is 16.7. The largest absolute Gasteiger partial charge is 0.503 e. The Morgan fingerprint density at radius 2 is 1.80 bits per heavy atom. The van der Waals surface area contributed by atoms with Gasteiger partial charge in [-0.3, -0.25) is 14.6 Å². The van der Waals surface area contributed by atoms with E-state index in [0.717, 1.165) is 17.0 Å². The van der Waals surface area contributed by atoms with Gasteiger partial charge in [0.15, 0.2) is 11.5 Å². The Balaban J connectivity index is 1.57. The molecule has 1 aliphatic heterocycles. The summed E-state index contributed by atoms with van der Waals surface area (Å²) < 4.78 is 45.3. The fraction of sp³-hybridized carbons (Fsp3) is 0.115. The van der Waals surface area contributed by atoms with Crippen LogP contribution in [0.5, 0.6) is 0 Å². The topological polar surface area (TPSA) is 83.6 Å². The molecule has 4 aromatic rings. The van der Waals surface area contributed by atoms with Gasteiger partial charge in [-0.15, -0.1) is 0 Å². The van der Waals surface area contributed by atoms with Crippen LogP contribution in [-0.2, 0) is 17.5 Å². The zero-order valence-electron chi connectivity index (χ0n) is 18.0. The van der Waals surface area contributed by atoms with Crippen molar-refractivity contribution in [2.75, 3.05) is 0 Å². The van der Waals surface area contributed by atoms with E-state index < -0.39 is 35.2 Å². The number of aromatic nitrogens is 1. The summed E-state index contributed by atoms with van der Waals surface area (Å²) in [5.41, 5.74) is -0.210. The van der Waals surface area contributed by atoms with Gasteiger partial charge in [0.2, 0.25) is 5.78 Å². The normalized spacial score (nSPS) is 16.4. The predicted molar refractivity (Wildman–Crippen MR) is 119 cm³/mol. The molecule has 3 heterocycles. The van der Waals surface area contributed by atoms with Crippen molar-refractivity contribution >= 4 is 22.7 Å². The fourth-order valence-electron chi connectivity index (χ4n) is 4.16. The number of carbonyl (C=O) groups is 2. The molecule has 1 unspecified atom stereocenters. The van der Waals surface area contributed by atoms with Crippen molar-refractivity contribution in [2.24, 2.45) is 0 Å². The van der Waals surface area contributed by atoms with Crippen LogP contribution in [0.25, 0.3) is 11.0 Å². The molecule has 1 aliphatic rings. The number of aliphatic hydroxyl groups excluding tert-OH is 1. The van der Waals surface area contributed by atoms with Gasteiger partial charge in [-0.25, -0.2) is 0 Å². The van der Waals surface area contributed by atoms with Crippen LogP contribution in [0.3, 0.4) is 0 Å². The molecule has 2 aromatic carbocycles. The van der Waals surface area contributed by atoms with Crippen molar-refractivity contribution in [3.8, 4) is 0 Å². The summed E-state index contributed by atoms with van der Waals surface area (Å²) in [6.45, 7) is -0.287. The molecule has 6 nitrogen and oxygen atoms in total. The minimum absolute atomic E-state index is 0.0811. The Kier molecular flexibility index (Phi) is 5.39. The maximum Gasteiger partial charge on any atom is 0.416 e. The molecule has 0 bridgehead atoms. The molecular formula is C26H17F3N2O4. The first-order chi connectivity index (χ1) is 16.7. The number of amides is 1. The second-order valence-corrected chi connectivity index (χ2v) is 8.03. The van der Waals surface area contributed by atoms with Crippen LogP contribution in [0, 0.1) is 0 Å². The number of alkyl halides is 3. The molecular weight excluding hydrogens is 461 g/mol. The molecule has 1 atom stereocenters. The molecule has 0 saturated heterocycles. The van der Waals surface area contributed by atoms with Crippen molar-refractivity contribution in [1.82, 2.24) is 9.88 Å². The summed E-state index contributed by atoms with van der Waals surface area (Å²) >= 11 is 0. The zero-order valence-corrected chi connectivity index (χ0v) is 18.0. The zero-order chi connectivity index (χ0) is 24.7. The number of hydrogen-bond donors (Lipinski definition) is 1. The minimum atomic E-state index is -4.56. The number of halogens is 3. The maximum absolute atomic E-state index is 13.5. The molecule has 35 heavy (non-hydrogen) atoms. The first kappa shape index (κ1) is 22.4. The van der Waals surface area contributed by atoms with Crippen molar-refractivity contribution in [3.05, 3.63) is 113 Å². The highest BCUT2D eigenvalue weighted by molar-refractivity contribution is 6.15. The molecule has 0 spiro atoms. The van der Waals surface area contributed by atoms with Crippen LogP contribution in [-0.4, -0.2) is 26.7 Å². The summed E-state index contributed by atoms with van der Waals surface area (Å²) in [7, 11) is 0. The smallest absolute Gasteiger partial charge is 0.416 e. The van der Waals surface area contributed by atoms with Crippen LogP contribution >= 0.6 is 0 Å². The van der Waals surface area contributed by atoms with Gasteiger partial charge in [-0.05, 0) is 42.0 Å². The SMILES string of the molecule is O=C(C1=C(O)C(=O)N(Cc2cccc(C(F)(F)F)c2)C1c1ccccn1)c1cc2ccccc2o1. The number of hydrogen-bond acceptors (Lipinski definition) is 5. The molecule has 1 amide bonds. The number of carbonyl (C=O) groups excluding carboxylic acids is 2. The maximum atomic E-state index is 13.5. The van der Waals surface area contributed by atoms with E-state index in [4.69, 9.17) is 4.42 Å². The van der Waals surface area contributed by atoms with Gasteiger partial charge in [0.25, 0.3) is 5.91 Å². The number of rotatable bonds is 5. The van der Waals surface area contributed by atoms with Gasteiger partial charge in [-0.2, -0.15) is 13.2 Å². The number of benzene rings is 2. The Bertz CT molecular complexity index is 1440. The Morgan fingerprint density at radius 1 is 1.03 bits per heavy atom. The first-order valence-electron chi connectivity index (χ1n) is 10.6. The number of ketones is 1. The molecule has 1 N–H and O–H groups in total. The summed E-state index contributed by atoms with van der Waals surface area (Å²) in [5, 5.41) is 11.4. The number of nitrogens with zero attached hydrogens (tertiary/aromatic N) is 2. The summed E-state index contributed by atoms with van der Waals surface area (Å²) in [6.07, 6.45) is -3.10. The Labute approximate surface area is 196 Å². The minimum Gasteiger partial charge on any atom is -0.503 e. The Hall–Kier alpha value is -4.40. The molecule has 0 fully saturated rings. The van der Waals surface area contributed by atoms with Gasteiger partial charge < -0.3 is 14.4 Å². The van der Waals surface area contributed by atoms with Crippen LogP contribution in [0.1, 0.15) is 33.4 Å². The molecule has 0 aliphatic carbocycles. The molecule has 5 rings (SSSR count). The van der Waals surface area contributed by atoms with Crippen LogP contribution < -0.4 is 0 Å². The lowest BCUT2D eigenvalue weighted by Gasteiger charge is -2.26. The highest BCUT2D eigenvalue weighted by atomic mass is 19.4. The van der Waals surface area contributed by atoms with E-state index in [1.807, 2.05) is 0 Å². The van der Waals surface area contributed by atoms with Crippen molar-refractivity contribution in [1.29, 1.82) is 0 Å². The van der Waals surface area contributed by atoms with E-state index in [-0.39, 0.29) is 29.1 Å². The van der Waals surface area contributed by atoms with Crippen molar-refractivity contribution < 1.29 is 32.3 Å². The second-order valence-electron chi connectivity index (χ2n) is 8.03. The van der Waals surface area contributed by atoms with E-state index in [2.05, 4.69) is 4.98 Å². The van der Waals surface area contributed by atoms with Crippen molar-refractivity contribution in [2.45, 2.75) is 18.8 Å². The number of fused-ring (bicyclic) bond motifs is 1. The summed E-state index contributed by atoms with van der Waals surface area (Å²) in [5.74, 6) is -2.48. The fourth-order valence-corrected chi connectivity index (χ4v) is 4.16. The highest BCUT2D eigenvalue weighted by Gasteiger charge is 2.45. The first-order valence-corrected chi connectivity index (χ1v) is 10.6. The summed E-state index contributed by atoms with van der Waals surface area (Å²) in [4.78, 5) is 31.9. The van der Waals surface area contributed by atoms with Gasteiger partial charge in [0, 0.05) is 18.1 Å². The third-order valence-electron chi connectivity index (χ3n) is 5.77. The van der Waals surface area contributed by atoms with E-state index in [0.29, 0.717) is 11.0 Å². The monoisotopic (exact) mass is 478 g/mol. The average molecular weight is 478 g/mol. The highest BCUT2D eigenvalue weighted by Crippen LogP contribution is 2.40. The van der Waals surface area contributed by atoms with E-state index in [1.54, 1.807) is 42.5 Å². The number of para-hydroxylation sites is 1. The van der Waals surface area contributed by atoms with Crippen LogP contribution in [0.15, 0.2) is 94.7 Å².